The van der Waals surface area contributed by atoms with E-state index in [0.29, 0.717) is 12.0 Å². The molecule has 124 valence electrons. The summed E-state index contributed by atoms with van der Waals surface area (Å²) in [5, 5.41) is 10.8. The van der Waals surface area contributed by atoms with E-state index in [-0.39, 0.29) is 19.6 Å². The number of ether oxygens (including phenoxy) is 2. The number of aliphatic hydroxyl groups is 1. The van der Waals surface area contributed by atoms with Gasteiger partial charge in [0.15, 0.2) is 5.78 Å². The summed E-state index contributed by atoms with van der Waals surface area (Å²) in [6.07, 6.45) is 0.650. The zero-order chi connectivity index (χ0) is 17.0. The number of Topliss-reactive ketones (excluding diaryl/α,β-unsaturated/α-hetero) is 1. The first-order valence-electron chi connectivity index (χ1n) is 7.65. The summed E-state index contributed by atoms with van der Waals surface area (Å²) in [4.78, 5) is 37.1. The Kier molecular flexibility index (Phi) is 5.15. The third-order valence-corrected chi connectivity index (χ3v) is 3.98. The minimum absolute atomic E-state index is 0.0158. The Labute approximate surface area is 134 Å². The fourth-order valence-electron chi connectivity index (χ4n) is 2.85. The normalized spacial score (nSPS) is 17.3. The summed E-state index contributed by atoms with van der Waals surface area (Å²) in [7, 11) is 0. The van der Waals surface area contributed by atoms with Gasteiger partial charge in [-0.2, -0.15) is 0 Å². The number of ketones is 1. The van der Waals surface area contributed by atoms with Crippen LogP contribution in [0, 0.1) is 5.92 Å². The molecular weight excluding hydrogens is 300 g/mol. The van der Waals surface area contributed by atoms with Crippen LogP contribution in [-0.2, 0) is 25.5 Å². The summed E-state index contributed by atoms with van der Waals surface area (Å²) in [5.74, 6) is -3.95. The van der Waals surface area contributed by atoms with Gasteiger partial charge >= 0.3 is 11.9 Å². The second-order valence-corrected chi connectivity index (χ2v) is 5.32. The Morgan fingerprint density at radius 2 is 1.74 bits per heavy atom. The summed E-state index contributed by atoms with van der Waals surface area (Å²) in [6, 6.07) is 6.96. The van der Waals surface area contributed by atoms with Crippen LogP contribution >= 0.6 is 0 Å². The molecule has 0 saturated heterocycles. The van der Waals surface area contributed by atoms with Gasteiger partial charge in [0, 0.05) is 5.56 Å². The molecule has 1 N–H and O–H groups in total. The molecule has 0 aliphatic heterocycles. The molecule has 0 unspecified atom stereocenters. The number of esters is 2. The molecule has 1 aromatic rings. The molecule has 23 heavy (non-hydrogen) atoms. The first-order valence-corrected chi connectivity index (χ1v) is 7.65. The molecule has 0 amide bonds. The lowest BCUT2D eigenvalue weighted by atomic mass is 9.73. The predicted octanol–water partition coefficient (Wildman–Crippen LogP) is 1.29. The highest BCUT2D eigenvalue weighted by Gasteiger charge is 2.57. The molecule has 0 saturated carbocycles. The van der Waals surface area contributed by atoms with Crippen LogP contribution in [0.5, 0.6) is 0 Å². The number of carbonyl (C=O) groups excluding carboxylic acids is 3. The van der Waals surface area contributed by atoms with Gasteiger partial charge in [0.1, 0.15) is 0 Å². The average molecular weight is 320 g/mol. The van der Waals surface area contributed by atoms with Crippen LogP contribution in [0.25, 0.3) is 0 Å². The number of carbonyl (C=O) groups is 3. The molecule has 0 spiro atoms. The Hall–Kier alpha value is -2.21. The monoisotopic (exact) mass is 320 g/mol. The van der Waals surface area contributed by atoms with Gasteiger partial charge < -0.3 is 14.6 Å². The molecule has 1 atom stereocenters. The lowest BCUT2D eigenvalue weighted by molar-refractivity contribution is -0.188. The van der Waals surface area contributed by atoms with E-state index in [2.05, 4.69) is 0 Å². The number of hydrogen-bond acceptors (Lipinski definition) is 6. The van der Waals surface area contributed by atoms with Crippen LogP contribution in [-0.4, -0.2) is 41.6 Å². The van der Waals surface area contributed by atoms with Gasteiger partial charge in [0.2, 0.25) is 0 Å². The fourth-order valence-corrected chi connectivity index (χ4v) is 2.85. The van der Waals surface area contributed by atoms with Gasteiger partial charge in [-0.15, -0.1) is 0 Å². The van der Waals surface area contributed by atoms with E-state index in [9.17, 15) is 19.5 Å². The van der Waals surface area contributed by atoms with Crippen molar-refractivity contribution in [3.05, 3.63) is 35.4 Å². The summed E-state index contributed by atoms with van der Waals surface area (Å²) in [6.45, 7) is 3.08. The van der Waals surface area contributed by atoms with E-state index < -0.39 is 29.2 Å². The molecule has 0 heterocycles. The molecule has 0 radical (unpaired) electrons. The van der Waals surface area contributed by atoms with E-state index >= 15 is 0 Å². The molecule has 0 fully saturated rings. The minimum Gasteiger partial charge on any atom is -0.463 e. The first-order chi connectivity index (χ1) is 11.0. The van der Waals surface area contributed by atoms with Gasteiger partial charge in [0.05, 0.1) is 19.1 Å². The predicted molar refractivity (Wildman–Crippen MR) is 80.8 cm³/mol. The number of hydrogen-bond donors (Lipinski definition) is 1. The topological polar surface area (TPSA) is 89.9 Å². The lowest BCUT2D eigenvalue weighted by Crippen LogP contribution is -2.57. The minimum atomic E-state index is -2.61. The van der Waals surface area contributed by atoms with Crippen molar-refractivity contribution in [2.75, 3.05) is 13.2 Å². The molecule has 0 bridgehead atoms. The van der Waals surface area contributed by atoms with E-state index in [1.807, 2.05) is 12.1 Å². The summed E-state index contributed by atoms with van der Waals surface area (Å²) >= 11 is 0. The van der Waals surface area contributed by atoms with Crippen LogP contribution in [0.2, 0.25) is 0 Å². The highest BCUT2D eigenvalue weighted by atomic mass is 16.6. The van der Waals surface area contributed by atoms with Crippen molar-refractivity contribution in [3.63, 3.8) is 0 Å². The Bertz CT molecular complexity index is 603. The second-order valence-electron chi connectivity index (χ2n) is 5.32. The lowest BCUT2D eigenvalue weighted by Gasteiger charge is -2.33. The molecule has 1 aromatic carbocycles. The smallest absolute Gasteiger partial charge is 0.350 e. The Morgan fingerprint density at radius 1 is 1.17 bits per heavy atom. The number of fused-ring (bicyclic) bond motifs is 1. The molecule has 2 rings (SSSR count). The van der Waals surface area contributed by atoms with Crippen molar-refractivity contribution in [1.29, 1.82) is 0 Å². The number of rotatable bonds is 5. The van der Waals surface area contributed by atoms with E-state index in [1.54, 1.807) is 26.0 Å². The van der Waals surface area contributed by atoms with Crippen LogP contribution in [0.1, 0.15) is 36.2 Å². The van der Waals surface area contributed by atoms with Crippen molar-refractivity contribution in [2.24, 2.45) is 5.92 Å². The molecule has 0 aromatic heterocycles. The second kappa shape index (κ2) is 6.91. The largest absolute Gasteiger partial charge is 0.463 e. The standard InChI is InChI=1S/C17H20O6/c1-3-22-15(19)17(21,16(20)23-4-2)13-10-9-11-7-5-6-8-12(11)14(13)18/h5-8,13,21H,3-4,9-10H2,1-2H3/t13-/m1/s1. The molecule has 1 aliphatic rings. The van der Waals surface area contributed by atoms with Crippen LogP contribution in [0.4, 0.5) is 0 Å². The van der Waals surface area contributed by atoms with E-state index in [1.165, 1.54) is 0 Å². The van der Waals surface area contributed by atoms with Crippen LogP contribution in [0.3, 0.4) is 0 Å². The van der Waals surface area contributed by atoms with Crippen molar-refractivity contribution in [2.45, 2.75) is 32.3 Å². The maximum absolute atomic E-state index is 12.7. The molecule has 6 nitrogen and oxygen atoms in total. The highest BCUT2D eigenvalue weighted by Crippen LogP contribution is 2.34. The Balaban J connectivity index is 2.42. The quantitative estimate of drug-likeness (QED) is 0.649. The summed E-state index contributed by atoms with van der Waals surface area (Å²) < 4.78 is 9.64. The van der Waals surface area contributed by atoms with Crippen molar-refractivity contribution >= 4 is 17.7 Å². The van der Waals surface area contributed by atoms with E-state index in [4.69, 9.17) is 9.47 Å². The fraction of sp³-hybridized carbons (Fsp3) is 0.471. The Morgan fingerprint density at radius 3 is 2.30 bits per heavy atom. The first kappa shape index (κ1) is 17.1. The van der Waals surface area contributed by atoms with Gasteiger partial charge in [0.25, 0.3) is 5.60 Å². The highest BCUT2D eigenvalue weighted by molar-refractivity contribution is 6.12. The van der Waals surface area contributed by atoms with Gasteiger partial charge in [-0.1, -0.05) is 24.3 Å². The zero-order valence-electron chi connectivity index (χ0n) is 13.2. The van der Waals surface area contributed by atoms with Crippen molar-refractivity contribution in [1.82, 2.24) is 0 Å². The van der Waals surface area contributed by atoms with Crippen molar-refractivity contribution in [3.8, 4) is 0 Å². The van der Waals surface area contributed by atoms with Gasteiger partial charge in [-0.25, -0.2) is 9.59 Å². The van der Waals surface area contributed by atoms with Crippen LogP contribution < -0.4 is 0 Å². The number of benzene rings is 1. The van der Waals surface area contributed by atoms with E-state index in [0.717, 1.165) is 5.56 Å². The number of aryl methyl sites for hydroxylation is 1. The molecule has 6 heteroatoms. The van der Waals surface area contributed by atoms with Gasteiger partial charge in [-0.3, -0.25) is 4.79 Å². The maximum Gasteiger partial charge on any atom is 0.350 e. The third kappa shape index (κ3) is 2.99. The van der Waals surface area contributed by atoms with Crippen LogP contribution in [0.15, 0.2) is 24.3 Å². The SMILES string of the molecule is CCOC(=O)C(O)(C(=O)OCC)[C@@H]1CCc2ccccc2C1=O. The van der Waals surface area contributed by atoms with Crippen molar-refractivity contribution < 1.29 is 29.0 Å². The molecule has 1 aliphatic carbocycles. The third-order valence-electron chi connectivity index (χ3n) is 3.98. The zero-order valence-corrected chi connectivity index (χ0v) is 13.2. The van der Waals surface area contributed by atoms with Gasteiger partial charge in [-0.05, 0) is 32.3 Å². The maximum atomic E-state index is 12.7. The summed E-state index contributed by atoms with van der Waals surface area (Å²) in [5.41, 5.74) is -1.36. The average Bonchev–Trinajstić information content (AvgIpc) is 2.55. The molecular formula is C17H20O6.